The van der Waals surface area contributed by atoms with Gasteiger partial charge in [-0.2, -0.15) is 0 Å². The molecule has 0 bridgehead atoms. The molecule has 2 aliphatic heterocycles. The van der Waals surface area contributed by atoms with Gasteiger partial charge in [-0.3, -0.25) is 14.5 Å². The Morgan fingerprint density at radius 2 is 1.71 bits per heavy atom. The van der Waals surface area contributed by atoms with Crippen LogP contribution in [-0.2, 0) is 20.9 Å². The molecule has 0 spiro atoms. The predicted molar refractivity (Wildman–Crippen MR) is 98.7 cm³/mol. The Bertz CT molecular complexity index is 722. The van der Waals surface area contributed by atoms with Gasteiger partial charge >= 0.3 is 5.82 Å². The van der Waals surface area contributed by atoms with Crippen molar-refractivity contribution in [3.8, 4) is 0 Å². The minimum Gasteiger partial charge on any atom is -0.379 e. The molecule has 1 aromatic heterocycles. The summed E-state index contributed by atoms with van der Waals surface area (Å²) < 4.78 is 6.92. The average molecular weight is 394 g/mol. The number of aryl methyl sites for hydroxylation is 2. The van der Waals surface area contributed by atoms with Gasteiger partial charge in [0, 0.05) is 59.2 Å². The van der Waals surface area contributed by atoms with E-state index < -0.39 is 4.92 Å². The maximum atomic E-state index is 12.4. The second-order valence-corrected chi connectivity index (χ2v) is 7.00. The summed E-state index contributed by atoms with van der Waals surface area (Å²) in [5, 5.41) is 10.8. The summed E-state index contributed by atoms with van der Waals surface area (Å²) in [7, 11) is 0. The first-order chi connectivity index (χ1) is 13.4. The highest BCUT2D eigenvalue weighted by Gasteiger charge is 2.26. The molecule has 0 aliphatic carbocycles. The molecule has 0 saturated carbocycles. The minimum absolute atomic E-state index is 0.0176. The van der Waals surface area contributed by atoms with E-state index in [1.807, 2.05) is 4.90 Å². The van der Waals surface area contributed by atoms with E-state index in [2.05, 4.69) is 9.88 Å². The first-order valence-corrected chi connectivity index (χ1v) is 9.48. The maximum absolute atomic E-state index is 12.4. The average Bonchev–Trinajstić information content (AvgIpc) is 3.08. The number of piperazine rings is 1. The van der Waals surface area contributed by atoms with Gasteiger partial charge in [0.05, 0.1) is 19.8 Å². The number of hydrogen-bond donors (Lipinski definition) is 0. The summed E-state index contributed by atoms with van der Waals surface area (Å²) >= 11 is 0. The molecule has 0 radical (unpaired) electrons. The zero-order valence-electron chi connectivity index (χ0n) is 16.1. The molecule has 2 saturated heterocycles. The third-order valence-corrected chi connectivity index (χ3v) is 5.16. The fourth-order valence-electron chi connectivity index (χ4n) is 3.44. The number of amides is 2. The summed E-state index contributed by atoms with van der Waals surface area (Å²) in [6, 6.07) is 0. The molecule has 2 amide bonds. The third kappa shape index (κ3) is 5.04. The van der Waals surface area contributed by atoms with Gasteiger partial charge in [0.15, 0.2) is 0 Å². The lowest BCUT2D eigenvalue weighted by atomic mass is 10.2. The number of carbonyl (C=O) groups excluding carboxylic acids is 2. The summed E-state index contributed by atoms with van der Waals surface area (Å²) in [4.78, 5) is 44.6. The van der Waals surface area contributed by atoms with Gasteiger partial charge in [0.2, 0.25) is 17.6 Å². The van der Waals surface area contributed by atoms with Gasteiger partial charge in [0.1, 0.15) is 6.20 Å². The van der Waals surface area contributed by atoms with E-state index in [1.165, 1.54) is 6.20 Å². The molecule has 11 nitrogen and oxygen atoms in total. The summed E-state index contributed by atoms with van der Waals surface area (Å²) in [5.41, 5.74) is 0. The molecule has 0 aromatic carbocycles. The lowest BCUT2D eigenvalue weighted by Crippen LogP contribution is -2.53. The molecular formula is C17H26N6O5. The second-order valence-electron chi connectivity index (χ2n) is 7.00. The SMILES string of the molecule is Cc1nc([N+](=O)[O-])cn1CCC(=O)N1CCN(C(=O)CN2CCOCC2)CC1. The topological polar surface area (TPSA) is 114 Å². The highest BCUT2D eigenvalue weighted by Crippen LogP contribution is 2.12. The minimum atomic E-state index is -0.543. The molecule has 11 heteroatoms. The molecule has 1 aromatic rings. The van der Waals surface area contributed by atoms with E-state index in [0.29, 0.717) is 58.3 Å². The van der Waals surface area contributed by atoms with Crippen molar-refractivity contribution in [2.45, 2.75) is 19.9 Å². The Morgan fingerprint density at radius 1 is 1.11 bits per heavy atom. The first kappa shape index (κ1) is 20.2. The molecule has 0 N–H and O–H groups in total. The standard InChI is InChI=1S/C17H26N6O5/c1-14-18-15(23(26)27)12-22(14)3-2-16(24)20-4-6-21(7-5-20)17(25)13-19-8-10-28-11-9-19/h12H,2-11,13H2,1H3. The Morgan fingerprint density at radius 3 is 2.29 bits per heavy atom. The normalized spacial score (nSPS) is 18.3. The summed E-state index contributed by atoms with van der Waals surface area (Å²) in [6.07, 6.45) is 1.60. The summed E-state index contributed by atoms with van der Waals surface area (Å²) in [6.45, 7) is 7.38. The zero-order chi connectivity index (χ0) is 20.1. The number of nitro groups is 1. The van der Waals surface area contributed by atoms with Crippen LogP contribution in [0.5, 0.6) is 0 Å². The van der Waals surface area contributed by atoms with Crippen molar-refractivity contribution in [1.29, 1.82) is 0 Å². The van der Waals surface area contributed by atoms with Crippen molar-refractivity contribution in [1.82, 2.24) is 24.3 Å². The van der Waals surface area contributed by atoms with Crippen molar-refractivity contribution in [2.75, 3.05) is 59.0 Å². The fraction of sp³-hybridized carbons (Fsp3) is 0.706. The van der Waals surface area contributed by atoms with Gasteiger partial charge in [-0.25, -0.2) is 0 Å². The molecule has 2 fully saturated rings. The molecular weight excluding hydrogens is 368 g/mol. The van der Waals surface area contributed by atoms with E-state index in [-0.39, 0.29) is 24.1 Å². The van der Waals surface area contributed by atoms with Crippen LogP contribution >= 0.6 is 0 Å². The van der Waals surface area contributed by atoms with Crippen molar-refractivity contribution < 1.29 is 19.2 Å². The van der Waals surface area contributed by atoms with E-state index in [9.17, 15) is 19.7 Å². The molecule has 154 valence electrons. The van der Waals surface area contributed by atoms with Crippen molar-refractivity contribution >= 4 is 17.6 Å². The van der Waals surface area contributed by atoms with E-state index in [4.69, 9.17) is 4.74 Å². The van der Waals surface area contributed by atoms with E-state index in [1.54, 1.807) is 16.4 Å². The van der Waals surface area contributed by atoms with Crippen LogP contribution in [0.2, 0.25) is 0 Å². The number of imidazole rings is 1. The highest BCUT2D eigenvalue weighted by molar-refractivity contribution is 5.79. The quantitative estimate of drug-likeness (QED) is 0.472. The molecule has 2 aliphatic rings. The Balaban J connectivity index is 1.42. The van der Waals surface area contributed by atoms with Crippen molar-refractivity contribution in [2.24, 2.45) is 0 Å². The van der Waals surface area contributed by atoms with Crippen LogP contribution in [-0.4, -0.2) is 100 Å². The van der Waals surface area contributed by atoms with Crippen LogP contribution in [0.4, 0.5) is 5.82 Å². The number of hydrogen-bond acceptors (Lipinski definition) is 7. The number of carbonyl (C=O) groups is 2. The monoisotopic (exact) mass is 394 g/mol. The molecule has 0 atom stereocenters. The van der Waals surface area contributed by atoms with Crippen LogP contribution in [0.25, 0.3) is 0 Å². The van der Waals surface area contributed by atoms with Crippen LogP contribution in [0.3, 0.4) is 0 Å². The van der Waals surface area contributed by atoms with Gasteiger partial charge < -0.3 is 29.2 Å². The molecule has 0 unspecified atom stereocenters. The van der Waals surface area contributed by atoms with Gasteiger partial charge in [0.25, 0.3) is 0 Å². The first-order valence-electron chi connectivity index (χ1n) is 9.48. The predicted octanol–water partition coefficient (Wildman–Crippen LogP) is -0.507. The van der Waals surface area contributed by atoms with Crippen LogP contribution in [0.15, 0.2) is 6.20 Å². The van der Waals surface area contributed by atoms with Gasteiger partial charge in [-0.1, -0.05) is 0 Å². The summed E-state index contributed by atoms with van der Waals surface area (Å²) in [5.74, 6) is 0.377. The van der Waals surface area contributed by atoms with Crippen molar-refractivity contribution in [3.05, 3.63) is 22.1 Å². The van der Waals surface area contributed by atoms with Crippen LogP contribution in [0, 0.1) is 17.0 Å². The van der Waals surface area contributed by atoms with E-state index in [0.717, 1.165) is 13.1 Å². The van der Waals surface area contributed by atoms with Crippen LogP contribution in [0.1, 0.15) is 12.2 Å². The van der Waals surface area contributed by atoms with Gasteiger partial charge in [-0.15, -0.1) is 0 Å². The zero-order valence-corrected chi connectivity index (χ0v) is 16.1. The maximum Gasteiger partial charge on any atom is 0.381 e. The third-order valence-electron chi connectivity index (χ3n) is 5.16. The van der Waals surface area contributed by atoms with Crippen LogP contribution < -0.4 is 0 Å². The Kier molecular flexibility index (Phi) is 6.57. The number of ether oxygens (including phenoxy) is 1. The number of nitrogens with zero attached hydrogens (tertiary/aromatic N) is 6. The van der Waals surface area contributed by atoms with Crippen molar-refractivity contribution in [3.63, 3.8) is 0 Å². The Labute approximate surface area is 163 Å². The van der Waals surface area contributed by atoms with E-state index >= 15 is 0 Å². The number of aromatic nitrogens is 2. The molecule has 28 heavy (non-hydrogen) atoms. The fourth-order valence-corrected chi connectivity index (χ4v) is 3.44. The number of morpholine rings is 1. The highest BCUT2D eigenvalue weighted by atomic mass is 16.6. The number of rotatable bonds is 6. The lowest BCUT2D eigenvalue weighted by Gasteiger charge is -2.36. The lowest BCUT2D eigenvalue weighted by molar-refractivity contribution is -0.389. The largest absolute Gasteiger partial charge is 0.381 e. The second kappa shape index (κ2) is 9.11. The smallest absolute Gasteiger partial charge is 0.379 e. The molecule has 3 rings (SSSR count). The molecule has 3 heterocycles. The Hall–Kier alpha value is -2.53. The van der Waals surface area contributed by atoms with Gasteiger partial charge in [-0.05, 0) is 9.91 Å².